The van der Waals surface area contributed by atoms with Crippen molar-refractivity contribution in [2.24, 2.45) is 0 Å². The number of rotatable bonds is 7. The zero-order chi connectivity index (χ0) is 17.5. The second-order valence-electron chi connectivity index (χ2n) is 5.70. The van der Waals surface area contributed by atoms with E-state index in [0.29, 0.717) is 17.9 Å². The summed E-state index contributed by atoms with van der Waals surface area (Å²) in [5, 5.41) is 2.86. The molecule has 0 saturated heterocycles. The molecule has 0 radical (unpaired) electrons. The molecule has 1 heterocycles. The van der Waals surface area contributed by atoms with E-state index in [1.807, 2.05) is 30.3 Å². The molecule has 0 unspecified atom stereocenters. The number of amides is 1. The highest BCUT2D eigenvalue weighted by Crippen LogP contribution is 2.18. The van der Waals surface area contributed by atoms with E-state index in [-0.39, 0.29) is 11.8 Å². The van der Waals surface area contributed by atoms with Gasteiger partial charge in [-0.05, 0) is 31.9 Å². The Kier molecular flexibility index (Phi) is 6.18. The summed E-state index contributed by atoms with van der Waals surface area (Å²) in [6.45, 7) is 5.82. The van der Waals surface area contributed by atoms with E-state index in [4.69, 9.17) is 9.15 Å². The maximum atomic E-state index is 12.2. The molecule has 24 heavy (non-hydrogen) atoms. The SMILES string of the molecule is CC[C@@H](CNC(=O)[C@H](C)OC(=O)c1ccoc1C)c1ccccc1. The fourth-order valence-electron chi connectivity index (χ4n) is 2.46. The van der Waals surface area contributed by atoms with Crippen LogP contribution in [0.2, 0.25) is 0 Å². The number of furan rings is 1. The number of esters is 1. The van der Waals surface area contributed by atoms with E-state index < -0.39 is 12.1 Å². The summed E-state index contributed by atoms with van der Waals surface area (Å²) in [4.78, 5) is 24.2. The molecule has 0 fully saturated rings. The van der Waals surface area contributed by atoms with Crippen LogP contribution in [0.1, 0.15) is 47.9 Å². The summed E-state index contributed by atoms with van der Waals surface area (Å²) in [5.74, 6) is -0.158. The lowest BCUT2D eigenvalue weighted by Gasteiger charge is -2.18. The molecule has 1 amide bonds. The van der Waals surface area contributed by atoms with Gasteiger partial charge in [0.2, 0.25) is 0 Å². The first-order valence-corrected chi connectivity index (χ1v) is 8.10. The molecular formula is C19H23NO4. The van der Waals surface area contributed by atoms with Gasteiger partial charge in [0.15, 0.2) is 6.10 Å². The first kappa shape index (κ1) is 17.8. The smallest absolute Gasteiger partial charge is 0.342 e. The number of hydrogen-bond donors (Lipinski definition) is 1. The highest BCUT2D eigenvalue weighted by Gasteiger charge is 2.21. The highest BCUT2D eigenvalue weighted by atomic mass is 16.5. The molecule has 0 aliphatic heterocycles. The van der Waals surface area contributed by atoms with Crippen LogP contribution in [0.15, 0.2) is 47.1 Å². The number of carbonyl (C=O) groups excluding carboxylic acids is 2. The first-order chi connectivity index (χ1) is 11.5. The van der Waals surface area contributed by atoms with E-state index in [1.165, 1.54) is 17.9 Å². The van der Waals surface area contributed by atoms with E-state index in [2.05, 4.69) is 12.2 Å². The number of carbonyl (C=O) groups is 2. The van der Waals surface area contributed by atoms with Crippen molar-refractivity contribution in [2.75, 3.05) is 6.54 Å². The van der Waals surface area contributed by atoms with E-state index >= 15 is 0 Å². The van der Waals surface area contributed by atoms with Gasteiger partial charge in [-0.1, -0.05) is 37.3 Å². The fourth-order valence-corrected chi connectivity index (χ4v) is 2.46. The third kappa shape index (κ3) is 4.47. The molecule has 2 rings (SSSR count). The van der Waals surface area contributed by atoms with Crippen LogP contribution in [0, 0.1) is 6.92 Å². The van der Waals surface area contributed by atoms with Crippen molar-refractivity contribution in [2.45, 2.75) is 39.2 Å². The second-order valence-corrected chi connectivity index (χ2v) is 5.70. The summed E-state index contributed by atoms with van der Waals surface area (Å²) >= 11 is 0. The zero-order valence-electron chi connectivity index (χ0n) is 14.2. The van der Waals surface area contributed by atoms with Gasteiger partial charge >= 0.3 is 5.97 Å². The lowest BCUT2D eigenvalue weighted by atomic mass is 9.96. The van der Waals surface area contributed by atoms with Gasteiger partial charge in [0, 0.05) is 12.5 Å². The second kappa shape index (κ2) is 8.34. The topological polar surface area (TPSA) is 68.5 Å². The molecule has 1 N–H and O–H groups in total. The normalized spacial score (nSPS) is 13.1. The summed E-state index contributed by atoms with van der Waals surface area (Å²) in [7, 11) is 0. The van der Waals surface area contributed by atoms with E-state index in [0.717, 1.165) is 6.42 Å². The standard InChI is InChI=1S/C19H23NO4/c1-4-15(16-8-6-5-7-9-16)12-20-18(21)14(3)24-19(22)17-10-11-23-13(17)2/h5-11,14-15H,4,12H2,1-3H3,(H,20,21)/t14-,15-/m0/s1. The molecule has 5 heteroatoms. The molecule has 0 aliphatic carbocycles. The van der Waals surface area contributed by atoms with Crippen LogP contribution in [-0.4, -0.2) is 24.5 Å². The number of nitrogens with one attached hydrogen (secondary N) is 1. The van der Waals surface area contributed by atoms with Gasteiger partial charge in [-0.15, -0.1) is 0 Å². The number of hydrogen-bond acceptors (Lipinski definition) is 4. The lowest BCUT2D eigenvalue weighted by molar-refractivity contribution is -0.129. The van der Waals surface area contributed by atoms with Gasteiger partial charge in [-0.2, -0.15) is 0 Å². The molecule has 0 aliphatic rings. The van der Waals surface area contributed by atoms with Crippen LogP contribution in [-0.2, 0) is 9.53 Å². The minimum atomic E-state index is -0.861. The maximum absolute atomic E-state index is 12.2. The number of ether oxygens (including phenoxy) is 1. The third-order valence-electron chi connectivity index (χ3n) is 4.02. The largest absolute Gasteiger partial charge is 0.469 e. The van der Waals surface area contributed by atoms with Crippen molar-refractivity contribution in [3.63, 3.8) is 0 Å². The summed E-state index contributed by atoms with van der Waals surface area (Å²) in [5.41, 5.74) is 1.52. The van der Waals surface area contributed by atoms with Crippen LogP contribution in [0.4, 0.5) is 0 Å². The van der Waals surface area contributed by atoms with Crippen molar-refractivity contribution in [3.8, 4) is 0 Å². The average molecular weight is 329 g/mol. The van der Waals surface area contributed by atoms with Crippen LogP contribution >= 0.6 is 0 Å². The Bertz CT molecular complexity index is 678. The molecule has 2 aromatic rings. The van der Waals surface area contributed by atoms with Gasteiger partial charge in [0.05, 0.1) is 6.26 Å². The van der Waals surface area contributed by atoms with Gasteiger partial charge in [0.25, 0.3) is 5.91 Å². The van der Waals surface area contributed by atoms with Gasteiger partial charge in [-0.3, -0.25) is 4.79 Å². The Hall–Kier alpha value is -2.56. The van der Waals surface area contributed by atoms with Crippen molar-refractivity contribution in [1.82, 2.24) is 5.32 Å². The van der Waals surface area contributed by atoms with Gasteiger partial charge < -0.3 is 14.5 Å². The molecular weight excluding hydrogens is 306 g/mol. The minimum absolute atomic E-state index is 0.231. The van der Waals surface area contributed by atoms with Crippen LogP contribution in [0.25, 0.3) is 0 Å². The Balaban J connectivity index is 1.87. The molecule has 1 aromatic carbocycles. The molecule has 5 nitrogen and oxygen atoms in total. The van der Waals surface area contributed by atoms with E-state index in [1.54, 1.807) is 13.8 Å². The van der Waals surface area contributed by atoms with Crippen LogP contribution in [0.5, 0.6) is 0 Å². The fraction of sp³-hybridized carbons (Fsp3) is 0.368. The predicted octanol–water partition coefficient (Wildman–Crippen LogP) is 3.44. The molecule has 2 atom stereocenters. The van der Waals surface area contributed by atoms with Crippen LogP contribution < -0.4 is 5.32 Å². The quantitative estimate of drug-likeness (QED) is 0.790. The first-order valence-electron chi connectivity index (χ1n) is 8.10. The zero-order valence-corrected chi connectivity index (χ0v) is 14.2. The maximum Gasteiger partial charge on any atom is 0.342 e. The average Bonchev–Trinajstić information content (AvgIpc) is 3.02. The third-order valence-corrected chi connectivity index (χ3v) is 4.02. The molecule has 128 valence electrons. The Morgan fingerprint density at radius 2 is 1.92 bits per heavy atom. The van der Waals surface area contributed by atoms with Gasteiger partial charge in [0.1, 0.15) is 11.3 Å². The highest BCUT2D eigenvalue weighted by molar-refractivity contribution is 5.92. The summed E-state index contributed by atoms with van der Waals surface area (Å²) in [6.07, 6.45) is 1.47. The molecule has 0 bridgehead atoms. The van der Waals surface area contributed by atoms with Crippen molar-refractivity contribution in [3.05, 3.63) is 59.5 Å². The Labute approximate surface area is 142 Å². The predicted molar refractivity (Wildman–Crippen MR) is 90.8 cm³/mol. The minimum Gasteiger partial charge on any atom is -0.469 e. The Morgan fingerprint density at radius 3 is 2.50 bits per heavy atom. The summed E-state index contributed by atoms with van der Waals surface area (Å²) < 4.78 is 10.3. The summed E-state index contributed by atoms with van der Waals surface area (Å²) in [6, 6.07) is 11.6. The van der Waals surface area contributed by atoms with E-state index in [9.17, 15) is 9.59 Å². The molecule has 1 aromatic heterocycles. The number of benzene rings is 1. The lowest BCUT2D eigenvalue weighted by Crippen LogP contribution is -2.38. The molecule has 0 saturated carbocycles. The van der Waals surface area contributed by atoms with Crippen molar-refractivity contribution in [1.29, 1.82) is 0 Å². The number of aryl methyl sites for hydroxylation is 1. The monoisotopic (exact) mass is 329 g/mol. The van der Waals surface area contributed by atoms with Gasteiger partial charge in [-0.25, -0.2) is 4.79 Å². The van der Waals surface area contributed by atoms with Crippen LogP contribution in [0.3, 0.4) is 0 Å². The van der Waals surface area contributed by atoms with Crippen molar-refractivity contribution >= 4 is 11.9 Å². The van der Waals surface area contributed by atoms with Crippen molar-refractivity contribution < 1.29 is 18.7 Å². The molecule has 0 spiro atoms. The Morgan fingerprint density at radius 1 is 1.21 bits per heavy atom.